The monoisotopic (exact) mass is 719 g/mol. The SMILES string of the molecule is CCCCCCCCCCC(C)c1cc(CSCc2cc(C(C)CCCCCCCCCC)c(O)c(C3CCCC3)c2)cc(C2CCCC2)c1O. The van der Waals surface area contributed by atoms with Crippen LogP contribution in [0.5, 0.6) is 11.5 Å². The minimum atomic E-state index is 0.395. The fourth-order valence-corrected chi connectivity index (χ4v) is 10.2. The first kappa shape index (κ1) is 42.1. The molecule has 0 saturated heterocycles. The van der Waals surface area contributed by atoms with Gasteiger partial charge in [0.25, 0.3) is 0 Å². The molecule has 0 heterocycles. The van der Waals surface area contributed by atoms with E-state index < -0.39 is 0 Å². The third kappa shape index (κ3) is 14.0. The molecule has 51 heavy (non-hydrogen) atoms. The zero-order chi connectivity index (χ0) is 36.3. The van der Waals surface area contributed by atoms with E-state index in [9.17, 15) is 10.2 Å². The van der Waals surface area contributed by atoms with E-state index in [2.05, 4.69) is 52.0 Å². The number of hydrogen-bond acceptors (Lipinski definition) is 3. The van der Waals surface area contributed by atoms with Crippen LogP contribution >= 0.6 is 11.8 Å². The van der Waals surface area contributed by atoms with Gasteiger partial charge in [0.15, 0.2) is 0 Å². The van der Waals surface area contributed by atoms with E-state index in [0.29, 0.717) is 35.2 Å². The summed E-state index contributed by atoms with van der Waals surface area (Å²) in [6.07, 6.45) is 33.9. The number of thioether (sulfide) groups is 1. The molecule has 0 aromatic heterocycles. The standard InChI is InChI=1S/C48H78O2S/c1-5-7-9-11-13-15-17-19-25-37(3)43-31-39(33-45(47(43)49)41-27-21-22-28-41)35-51-36-40-32-44(48(50)46(34-40)42-29-23-24-30-42)38(4)26-20-18-16-14-12-10-8-6-2/h31-34,37-38,41-42,49-50H,5-30,35-36H2,1-4H3. The van der Waals surface area contributed by atoms with Crippen molar-refractivity contribution in [1.29, 1.82) is 0 Å². The maximum atomic E-state index is 11.6. The largest absolute Gasteiger partial charge is 0.507 e. The van der Waals surface area contributed by atoms with Gasteiger partial charge in [-0.25, -0.2) is 0 Å². The molecule has 0 radical (unpaired) electrons. The Morgan fingerprint density at radius 3 is 1.20 bits per heavy atom. The van der Waals surface area contributed by atoms with Crippen LogP contribution in [0.1, 0.15) is 252 Å². The van der Waals surface area contributed by atoms with Crippen LogP contribution in [-0.2, 0) is 11.5 Å². The minimum absolute atomic E-state index is 0.395. The van der Waals surface area contributed by atoms with E-state index in [4.69, 9.17) is 0 Å². The van der Waals surface area contributed by atoms with Gasteiger partial charge in [-0.1, -0.05) is 180 Å². The molecular formula is C48H78O2S. The maximum Gasteiger partial charge on any atom is 0.122 e. The van der Waals surface area contributed by atoms with E-state index in [1.54, 1.807) is 0 Å². The lowest BCUT2D eigenvalue weighted by atomic mass is 9.87. The van der Waals surface area contributed by atoms with Crippen molar-refractivity contribution in [3.05, 3.63) is 57.6 Å². The van der Waals surface area contributed by atoms with Gasteiger partial charge in [-0.3, -0.25) is 0 Å². The smallest absolute Gasteiger partial charge is 0.122 e. The zero-order valence-electron chi connectivity index (χ0n) is 33.7. The Bertz CT molecular complexity index is 1140. The Kier molecular flexibility index (Phi) is 19.8. The van der Waals surface area contributed by atoms with Crippen molar-refractivity contribution < 1.29 is 10.2 Å². The molecule has 2 aromatic rings. The third-order valence-corrected chi connectivity index (χ3v) is 13.7. The van der Waals surface area contributed by atoms with Gasteiger partial charge in [-0.05, 0) is 95.6 Å². The average Bonchev–Trinajstić information content (AvgIpc) is 3.87. The summed E-state index contributed by atoms with van der Waals surface area (Å²) < 4.78 is 0. The molecule has 0 amide bonds. The van der Waals surface area contributed by atoms with Crippen LogP contribution in [0.25, 0.3) is 0 Å². The molecule has 0 spiro atoms. The number of phenols is 2. The normalized spacial score (nSPS) is 16.7. The second-order valence-corrected chi connectivity index (χ2v) is 18.0. The van der Waals surface area contributed by atoms with Crippen molar-refractivity contribution in [2.45, 2.75) is 230 Å². The van der Waals surface area contributed by atoms with Gasteiger partial charge >= 0.3 is 0 Å². The van der Waals surface area contributed by atoms with Gasteiger partial charge < -0.3 is 10.2 Å². The highest BCUT2D eigenvalue weighted by Gasteiger charge is 2.26. The van der Waals surface area contributed by atoms with Crippen molar-refractivity contribution in [2.24, 2.45) is 0 Å². The summed E-state index contributed by atoms with van der Waals surface area (Å²) in [6.45, 7) is 9.28. The fourth-order valence-electron chi connectivity index (χ4n) is 9.27. The van der Waals surface area contributed by atoms with E-state index in [-0.39, 0.29) is 0 Å². The van der Waals surface area contributed by atoms with Gasteiger partial charge in [0.2, 0.25) is 0 Å². The Balaban J connectivity index is 1.39. The first-order valence-corrected chi connectivity index (χ1v) is 23.4. The van der Waals surface area contributed by atoms with Gasteiger partial charge in [0.05, 0.1) is 0 Å². The summed E-state index contributed by atoms with van der Waals surface area (Å²) in [7, 11) is 0. The van der Waals surface area contributed by atoms with Crippen molar-refractivity contribution in [3.63, 3.8) is 0 Å². The van der Waals surface area contributed by atoms with Crippen LogP contribution in [0.3, 0.4) is 0 Å². The Morgan fingerprint density at radius 1 is 0.510 bits per heavy atom. The number of hydrogen-bond donors (Lipinski definition) is 2. The summed E-state index contributed by atoms with van der Waals surface area (Å²) in [6, 6.07) is 9.44. The number of rotatable bonds is 26. The Hall–Kier alpha value is -1.61. The van der Waals surface area contributed by atoms with Crippen molar-refractivity contribution in [3.8, 4) is 11.5 Å². The van der Waals surface area contributed by atoms with Crippen molar-refractivity contribution in [1.82, 2.24) is 0 Å². The van der Waals surface area contributed by atoms with E-state index >= 15 is 0 Å². The molecule has 2 fully saturated rings. The van der Waals surface area contributed by atoms with E-state index in [0.717, 1.165) is 11.5 Å². The number of aromatic hydroxyl groups is 2. The molecular weight excluding hydrogens is 641 g/mol. The molecule has 2 atom stereocenters. The molecule has 2 N–H and O–H groups in total. The first-order chi connectivity index (χ1) is 24.9. The summed E-state index contributed by atoms with van der Waals surface area (Å²) >= 11 is 2.02. The lowest BCUT2D eigenvalue weighted by molar-refractivity contribution is 0.443. The van der Waals surface area contributed by atoms with Crippen molar-refractivity contribution in [2.75, 3.05) is 0 Å². The van der Waals surface area contributed by atoms with Crippen LogP contribution in [0, 0.1) is 0 Å². The molecule has 2 nitrogen and oxygen atoms in total. The topological polar surface area (TPSA) is 40.5 Å². The Labute approximate surface area is 319 Å². The molecule has 2 aromatic carbocycles. The maximum absolute atomic E-state index is 11.6. The molecule has 0 aliphatic heterocycles. The molecule has 3 heteroatoms. The molecule has 2 aliphatic rings. The molecule has 2 aliphatic carbocycles. The van der Waals surface area contributed by atoms with Gasteiger partial charge in [0, 0.05) is 11.5 Å². The molecule has 0 bridgehead atoms. The molecule has 288 valence electrons. The number of unbranched alkanes of at least 4 members (excludes halogenated alkanes) is 14. The second kappa shape index (κ2) is 23.9. The molecule has 2 unspecified atom stereocenters. The van der Waals surface area contributed by atoms with Crippen LogP contribution in [-0.4, -0.2) is 10.2 Å². The fraction of sp³-hybridized carbons (Fsp3) is 0.750. The third-order valence-electron chi connectivity index (χ3n) is 12.6. The van der Waals surface area contributed by atoms with Crippen molar-refractivity contribution >= 4 is 11.8 Å². The molecule has 4 rings (SSSR count). The number of phenolic OH excluding ortho intramolecular Hbond substituents is 2. The highest BCUT2D eigenvalue weighted by atomic mass is 32.2. The van der Waals surface area contributed by atoms with Crippen LogP contribution in [0.4, 0.5) is 0 Å². The first-order valence-electron chi connectivity index (χ1n) is 22.2. The minimum Gasteiger partial charge on any atom is -0.507 e. The zero-order valence-corrected chi connectivity index (χ0v) is 34.5. The lowest BCUT2D eigenvalue weighted by Gasteiger charge is -2.22. The number of benzene rings is 2. The van der Waals surface area contributed by atoms with Gasteiger partial charge in [-0.2, -0.15) is 11.8 Å². The second-order valence-electron chi connectivity index (χ2n) is 17.0. The summed E-state index contributed by atoms with van der Waals surface area (Å²) in [5.41, 5.74) is 7.62. The average molecular weight is 719 g/mol. The summed E-state index contributed by atoms with van der Waals surface area (Å²) in [4.78, 5) is 0. The summed E-state index contributed by atoms with van der Waals surface area (Å²) in [5, 5.41) is 23.2. The highest BCUT2D eigenvalue weighted by molar-refractivity contribution is 7.97. The van der Waals surface area contributed by atoms with E-state index in [1.165, 1.54) is 200 Å². The van der Waals surface area contributed by atoms with Crippen LogP contribution < -0.4 is 0 Å². The summed E-state index contributed by atoms with van der Waals surface area (Å²) in [5.74, 6) is 4.98. The Morgan fingerprint density at radius 2 is 0.843 bits per heavy atom. The predicted molar refractivity (Wildman–Crippen MR) is 225 cm³/mol. The predicted octanol–water partition coefficient (Wildman–Crippen LogP) is 16.1. The van der Waals surface area contributed by atoms with E-state index in [1.807, 2.05) is 11.8 Å². The lowest BCUT2D eigenvalue weighted by Crippen LogP contribution is -2.03. The quantitative estimate of drug-likeness (QED) is 0.0952. The van der Waals surface area contributed by atoms with Gasteiger partial charge in [0.1, 0.15) is 11.5 Å². The van der Waals surface area contributed by atoms with Gasteiger partial charge in [-0.15, -0.1) is 0 Å². The molecule has 2 saturated carbocycles. The van der Waals surface area contributed by atoms with Crippen LogP contribution in [0.2, 0.25) is 0 Å². The van der Waals surface area contributed by atoms with Crippen LogP contribution in [0.15, 0.2) is 24.3 Å². The highest BCUT2D eigenvalue weighted by Crippen LogP contribution is 2.45.